The lowest BCUT2D eigenvalue weighted by molar-refractivity contribution is -0.0521. The Morgan fingerprint density at radius 3 is 2.64 bits per heavy atom. The third-order valence-electron chi connectivity index (χ3n) is 3.30. The van der Waals surface area contributed by atoms with Gasteiger partial charge in [-0.15, -0.1) is 0 Å². The molecular formula is C10H14BrN5O6. The standard InChI is InChI=1S/C10H12BrN5O5.H2O/c11-9-13-3-6(14-10(12)15-7(3)20)16(9)8-5(19)4(18)2(1-17)21-8;/h2,4-5,8,17-19H,1H2,(H3,12,14,15,20);1H2/t2?,4?,5?,8-;/m1./s1. The van der Waals surface area contributed by atoms with Gasteiger partial charge in [-0.25, -0.2) is 4.98 Å². The number of nitrogen functional groups attached to an aromatic ring is 1. The smallest absolute Gasteiger partial charge is 0.280 e. The van der Waals surface area contributed by atoms with Crippen LogP contribution < -0.4 is 11.3 Å². The van der Waals surface area contributed by atoms with Gasteiger partial charge >= 0.3 is 0 Å². The maximum atomic E-state index is 11.8. The van der Waals surface area contributed by atoms with Crippen molar-refractivity contribution in [3.05, 3.63) is 15.1 Å². The van der Waals surface area contributed by atoms with E-state index in [1.807, 2.05) is 0 Å². The van der Waals surface area contributed by atoms with Crippen LogP contribution in [0.1, 0.15) is 6.23 Å². The zero-order valence-electron chi connectivity index (χ0n) is 11.0. The van der Waals surface area contributed by atoms with Crippen molar-refractivity contribution in [1.29, 1.82) is 0 Å². The van der Waals surface area contributed by atoms with Crippen LogP contribution in [0.3, 0.4) is 0 Å². The van der Waals surface area contributed by atoms with E-state index in [4.69, 9.17) is 15.6 Å². The quantitative estimate of drug-likeness (QED) is 0.346. The monoisotopic (exact) mass is 379 g/mol. The second kappa shape index (κ2) is 5.91. The molecule has 0 saturated carbocycles. The van der Waals surface area contributed by atoms with E-state index < -0.39 is 36.7 Å². The molecule has 8 N–H and O–H groups in total. The summed E-state index contributed by atoms with van der Waals surface area (Å²) in [5.74, 6) is -0.118. The molecule has 2 aromatic heterocycles. The lowest BCUT2D eigenvalue weighted by atomic mass is 10.1. The molecule has 3 unspecified atom stereocenters. The number of nitrogens with one attached hydrogen (secondary N) is 1. The summed E-state index contributed by atoms with van der Waals surface area (Å²) in [6.07, 6.45) is -4.61. The Balaban J connectivity index is 0.00000176. The summed E-state index contributed by atoms with van der Waals surface area (Å²) in [5, 5.41) is 29.0. The number of nitrogens with two attached hydrogens (primary N) is 1. The summed E-state index contributed by atoms with van der Waals surface area (Å²) in [7, 11) is 0. The first-order valence-electron chi connectivity index (χ1n) is 5.99. The fourth-order valence-electron chi connectivity index (χ4n) is 2.29. The molecule has 4 atom stereocenters. The van der Waals surface area contributed by atoms with E-state index in [1.165, 1.54) is 4.57 Å². The molecular weight excluding hydrogens is 366 g/mol. The Kier molecular flexibility index (Phi) is 4.51. The first kappa shape index (κ1) is 16.8. The van der Waals surface area contributed by atoms with Gasteiger partial charge in [0.15, 0.2) is 22.1 Å². The Bertz CT molecular complexity index is 747. The fourth-order valence-corrected chi connectivity index (χ4v) is 2.84. The predicted octanol–water partition coefficient (Wildman–Crippen LogP) is -2.75. The summed E-state index contributed by atoms with van der Waals surface area (Å²) >= 11 is 3.15. The van der Waals surface area contributed by atoms with Gasteiger partial charge in [-0.1, -0.05) is 0 Å². The lowest BCUT2D eigenvalue weighted by Gasteiger charge is -2.17. The molecule has 1 aliphatic heterocycles. The van der Waals surface area contributed by atoms with Crippen molar-refractivity contribution in [2.75, 3.05) is 12.3 Å². The molecule has 0 aliphatic carbocycles. The fraction of sp³-hybridized carbons (Fsp3) is 0.500. The van der Waals surface area contributed by atoms with Crippen LogP contribution in [0.25, 0.3) is 11.2 Å². The summed E-state index contributed by atoms with van der Waals surface area (Å²) < 4.78 is 6.87. The number of H-pyrrole nitrogens is 1. The van der Waals surface area contributed by atoms with Gasteiger partial charge in [0.2, 0.25) is 5.95 Å². The van der Waals surface area contributed by atoms with E-state index in [-0.39, 0.29) is 27.3 Å². The highest BCUT2D eigenvalue weighted by Crippen LogP contribution is 2.33. The molecule has 0 radical (unpaired) electrons. The van der Waals surface area contributed by atoms with Gasteiger partial charge in [-0.2, -0.15) is 4.98 Å². The molecule has 0 bridgehead atoms. The van der Waals surface area contributed by atoms with Crippen LogP contribution >= 0.6 is 15.9 Å². The minimum atomic E-state index is -1.32. The Hall–Kier alpha value is -1.57. The number of aliphatic hydroxyl groups is 3. The summed E-state index contributed by atoms with van der Waals surface area (Å²) in [6.45, 7) is -0.463. The minimum absolute atomic E-state index is 0. The van der Waals surface area contributed by atoms with Crippen molar-refractivity contribution in [3.63, 3.8) is 0 Å². The lowest BCUT2D eigenvalue weighted by Crippen LogP contribution is -2.33. The average Bonchev–Trinajstić information content (AvgIpc) is 2.89. The van der Waals surface area contributed by atoms with E-state index >= 15 is 0 Å². The number of aromatic nitrogens is 4. The number of fused-ring (bicyclic) bond motifs is 1. The number of ether oxygens (including phenoxy) is 1. The van der Waals surface area contributed by atoms with E-state index in [2.05, 4.69) is 30.9 Å². The number of hydrogen-bond donors (Lipinski definition) is 5. The van der Waals surface area contributed by atoms with Crippen molar-refractivity contribution in [2.24, 2.45) is 0 Å². The summed E-state index contributed by atoms with van der Waals surface area (Å²) in [6, 6.07) is 0. The molecule has 0 aromatic carbocycles. The van der Waals surface area contributed by atoms with Crippen LogP contribution in [0.15, 0.2) is 9.53 Å². The second-order valence-electron chi connectivity index (χ2n) is 4.60. The Morgan fingerprint density at radius 1 is 1.36 bits per heavy atom. The molecule has 3 rings (SSSR count). The van der Waals surface area contributed by atoms with Crippen molar-refractivity contribution >= 4 is 33.0 Å². The predicted molar refractivity (Wildman–Crippen MR) is 76.9 cm³/mol. The molecule has 11 nitrogen and oxygen atoms in total. The molecule has 1 aliphatic rings. The van der Waals surface area contributed by atoms with Crippen molar-refractivity contribution < 1.29 is 25.5 Å². The van der Waals surface area contributed by atoms with Gasteiger partial charge in [0.1, 0.15) is 18.3 Å². The highest BCUT2D eigenvalue weighted by Gasteiger charge is 2.44. The molecule has 1 fully saturated rings. The van der Waals surface area contributed by atoms with Crippen LogP contribution in [0, 0.1) is 0 Å². The normalized spacial score (nSPS) is 28.0. The van der Waals surface area contributed by atoms with E-state index in [0.717, 1.165) is 0 Å². The van der Waals surface area contributed by atoms with Gasteiger partial charge in [-0.3, -0.25) is 14.3 Å². The first-order valence-corrected chi connectivity index (χ1v) is 6.79. The van der Waals surface area contributed by atoms with Gasteiger partial charge in [0.25, 0.3) is 5.56 Å². The average molecular weight is 380 g/mol. The molecule has 12 heteroatoms. The molecule has 122 valence electrons. The van der Waals surface area contributed by atoms with Crippen molar-refractivity contribution in [3.8, 4) is 0 Å². The minimum Gasteiger partial charge on any atom is -0.412 e. The maximum Gasteiger partial charge on any atom is 0.280 e. The third kappa shape index (κ3) is 2.39. The molecule has 0 amide bonds. The topological polar surface area (TPSA) is 191 Å². The van der Waals surface area contributed by atoms with Crippen LogP contribution in [0.5, 0.6) is 0 Å². The molecule has 0 spiro atoms. The third-order valence-corrected chi connectivity index (χ3v) is 3.86. The van der Waals surface area contributed by atoms with Gasteiger partial charge in [0, 0.05) is 0 Å². The largest absolute Gasteiger partial charge is 0.412 e. The highest BCUT2D eigenvalue weighted by atomic mass is 79.9. The van der Waals surface area contributed by atoms with Crippen molar-refractivity contribution in [1.82, 2.24) is 19.5 Å². The molecule has 1 saturated heterocycles. The number of halogens is 1. The van der Waals surface area contributed by atoms with Crippen LogP contribution in [-0.4, -0.2) is 65.2 Å². The number of aromatic amines is 1. The first-order chi connectivity index (χ1) is 9.93. The Labute approximate surface area is 130 Å². The van der Waals surface area contributed by atoms with Crippen molar-refractivity contribution in [2.45, 2.75) is 24.5 Å². The number of hydrogen-bond acceptors (Lipinski definition) is 8. The SMILES string of the molecule is Nc1nc2c(nc(Br)n2[C@@H]2OC(CO)C(O)C2O)c(=O)[nH]1.O. The Morgan fingerprint density at radius 2 is 2.05 bits per heavy atom. The van der Waals surface area contributed by atoms with E-state index in [0.29, 0.717) is 0 Å². The van der Waals surface area contributed by atoms with Gasteiger partial charge in [-0.05, 0) is 15.9 Å². The molecule has 3 heterocycles. The van der Waals surface area contributed by atoms with Crippen LogP contribution in [0.4, 0.5) is 5.95 Å². The zero-order valence-corrected chi connectivity index (χ0v) is 12.6. The summed E-state index contributed by atoms with van der Waals surface area (Å²) in [5.41, 5.74) is 5.07. The highest BCUT2D eigenvalue weighted by molar-refractivity contribution is 9.10. The number of nitrogens with zero attached hydrogens (tertiary/aromatic N) is 3. The van der Waals surface area contributed by atoms with Gasteiger partial charge < -0.3 is 31.3 Å². The number of imidazole rings is 1. The number of rotatable bonds is 2. The van der Waals surface area contributed by atoms with E-state index in [9.17, 15) is 15.0 Å². The summed E-state index contributed by atoms with van der Waals surface area (Å²) in [4.78, 5) is 22.0. The molecule has 22 heavy (non-hydrogen) atoms. The van der Waals surface area contributed by atoms with Gasteiger partial charge in [0.05, 0.1) is 6.61 Å². The molecule has 2 aromatic rings. The van der Waals surface area contributed by atoms with E-state index in [1.54, 1.807) is 0 Å². The number of anilines is 1. The second-order valence-corrected chi connectivity index (χ2v) is 5.31. The maximum absolute atomic E-state index is 11.8. The van der Waals surface area contributed by atoms with Crippen LogP contribution in [0.2, 0.25) is 0 Å². The number of aliphatic hydroxyl groups excluding tert-OH is 3. The zero-order chi connectivity index (χ0) is 15.3. The van der Waals surface area contributed by atoms with Crippen LogP contribution in [-0.2, 0) is 4.74 Å².